The van der Waals surface area contributed by atoms with Crippen LogP contribution in [0.5, 0.6) is 5.75 Å². The minimum Gasteiger partial charge on any atom is -0.483 e. The molecule has 0 aromatic heterocycles. The number of benzene rings is 3. The maximum absolute atomic E-state index is 13.4. The van der Waals surface area contributed by atoms with E-state index in [4.69, 9.17) is 4.74 Å². The molecule has 0 spiro atoms. The van der Waals surface area contributed by atoms with E-state index in [0.29, 0.717) is 12.2 Å². The Hall–Kier alpha value is -3.41. The Morgan fingerprint density at radius 1 is 1.00 bits per heavy atom. The number of fused-ring (bicyclic) bond motifs is 1. The predicted octanol–water partition coefficient (Wildman–Crippen LogP) is 5.08. The number of carbonyl (C=O) groups excluding carboxylic acids is 2. The van der Waals surface area contributed by atoms with Crippen LogP contribution in [0.15, 0.2) is 66.7 Å². The smallest absolute Gasteiger partial charge is 0.261 e. The molecule has 3 aromatic carbocycles. The summed E-state index contributed by atoms with van der Waals surface area (Å²) in [5.41, 5.74) is 0.297. The third-order valence-electron chi connectivity index (χ3n) is 5.25. The van der Waals surface area contributed by atoms with Crippen LogP contribution in [0.3, 0.4) is 0 Å². The Morgan fingerprint density at radius 2 is 1.67 bits per heavy atom. The van der Waals surface area contributed by atoms with Gasteiger partial charge in [-0.05, 0) is 56.3 Å². The van der Waals surface area contributed by atoms with Gasteiger partial charge in [0.25, 0.3) is 5.91 Å². The molecule has 174 valence electrons. The molecule has 0 heterocycles. The van der Waals surface area contributed by atoms with Crippen LogP contribution in [0.25, 0.3) is 10.8 Å². The summed E-state index contributed by atoms with van der Waals surface area (Å²) in [4.78, 5) is 27.9. The van der Waals surface area contributed by atoms with Gasteiger partial charge < -0.3 is 15.0 Å². The Bertz CT molecular complexity index is 1100. The molecule has 1 atom stereocenters. The quantitative estimate of drug-likeness (QED) is 0.521. The van der Waals surface area contributed by atoms with Gasteiger partial charge in [0, 0.05) is 17.5 Å². The van der Waals surface area contributed by atoms with Crippen LogP contribution >= 0.6 is 0 Å². The summed E-state index contributed by atoms with van der Waals surface area (Å²) in [6.07, 6.45) is 0.434. The van der Waals surface area contributed by atoms with Gasteiger partial charge >= 0.3 is 0 Å². The van der Waals surface area contributed by atoms with Crippen molar-refractivity contribution in [3.8, 4) is 5.75 Å². The highest BCUT2D eigenvalue weighted by atomic mass is 19.1. The number of hydrogen-bond acceptors (Lipinski definition) is 3. The molecule has 5 nitrogen and oxygen atoms in total. The Morgan fingerprint density at radius 3 is 2.33 bits per heavy atom. The minimum atomic E-state index is -0.683. The monoisotopic (exact) mass is 450 g/mol. The van der Waals surface area contributed by atoms with Gasteiger partial charge in [-0.3, -0.25) is 9.59 Å². The third-order valence-corrected chi connectivity index (χ3v) is 5.25. The number of nitrogens with one attached hydrogen (secondary N) is 1. The largest absolute Gasteiger partial charge is 0.483 e. The topological polar surface area (TPSA) is 58.6 Å². The van der Waals surface area contributed by atoms with Gasteiger partial charge in [0.2, 0.25) is 5.91 Å². The highest BCUT2D eigenvalue weighted by molar-refractivity contribution is 5.90. The molecule has 3 rings (SSSR count). The molecule has 6 heteroatoms. The summed E-state index contributed by atoms with van der Waals surface area (Å²) in [6, 6.07) is 18.7. The summed E-state index contributed by atoms with van der Waals surface area (Å²) >= 11 is 0. The van der Waals surface area contributed by atoms with Gasteiger partial charge in [0.1, 0.15) is 17.6 Å². The zero-order valence-corrected chi connectivity index (χ0v) is 19.6. The van der Waals surface area contributed by atoms with Crippen LogP contribution in [-0.2, 0) is 16.1 Å². The lowest BCUT2D eigenvalue weighted by atomic mass is 10.1. The highest BCUT2D eigenvalue weighted by Gasteiger charge is 2.31. The predicted molar refractivity (Wildman–Crippen MR) is 128 cm³/mol. The van der Waals surface area contributed by atoms with Gasteiger partial charge in [-0.2, -0.15) is 0 Å². The molecule has 2 amide bonds. The first-order valence-corrected chi connectivity index (χ1v) is 11.1. The van der Waals surface area contributed by atoms with Crippen molar-refractivity contribution in [1.82, 2.24) is 10.2 Å². The molecule has 33 heavy (non-hydrogen) atoms. The van der Waals surface area contributed by atoms with Crippen LogP contribution in [-0.4, -0.2) is 34.9 Å². The van der Waals surface area contributed by atoms with E-state index in [-0.39, 0.29) is 30.8 Å². The SMILES string of the molecule is CCC(C(=O)NC(C)(C)C)N(Cc1ccc(F)cc1)C(=O)COc1cccc2ccccc12. The van der Waals surface area contributed by atoms with Gasteiger partial charge in [0.05, 0.1) is 0 Å². The van der Waals surface area contributed by atoms with Crippen LogP contribution in [0, 0.1) is 5.82 Å². The first kappa shape index (κ1) is 24.2. The second kappa shape index (κ2) is 10.5. The van der Waals surface area contributed by atoms with E-state index in [9.17, 15) is 14.0 Å². The first-order valence-electron chi connectivity index (χ1n) is 11.1. The number of carbonyl (C=O) groups is 2. The van der Waals surface area contributed by atoms with E-state index in [1.54, 1.807) is 12.1 Å². The molecule has 1 unspecified atom stereocenters. The molecule has 0 aliphatic heterocycles. The molecular formula is C27H31FN2O3. The zero-order chi connectivity index (χ0) is 24.0. The lowest BCUT2D eigenvalue weighted by Crippen LogP contribution is -2.54. The molecule has 0 saturated heterocycles. The van der Waals surface area contributed by atoms with E-state index in [0.717, 1.165) is 16.3 Å². The second-order valence-corrected chi connectivity index (χ2v) is 9.08. The standard InChI is InChI=1S/C27H31FN2O3/c1-5-23(26(32)29-27(2,3)4)30(17-19-13-15-21(28)16-14-19)25(31)18-33-24-12-8-10-20-9-6-7-11-22(20)24/h6-16,23H,5,17-18H2,1-4H3,(H,29,32). The van der Waals surface area contributed by atoms with Crippen molar-refractivity contribution in [2.24, 2.45) is 0 Å². The number of rotatable bonds is 8. The summed E-state index contributed by atoms with van der Waals surface area (Å²) in [5, 5.41) is 4.89. The minimum absolute atomic E-state index is 0.175. The fourth-order valence-electron chi connectivity index (χ4n) is 3.70. The van der Waals surface area contributed by atoms with Crippen LogP contribution in [0.2, 0.25) is 0 Å². The average Bonchev–Trinajstić information content (AvgIpc) is 2.77. The number of halogens is 1. The van der Waals surface area contributed by atoms with Crippen molar-refractivity contribution in [2.75, 3.05) is 6.61 Å². The molecule has 0 radical (unpaired) electrons. The fraction of sp³-hybridized carbons (Fsp3) is 0.333. The maximum atomic E-state index is 13.4. The van der Waals surface area contributed by atoms with Crippen molar-refractivity contribution < 1.29 is 18.7 Å². The van der Waals surface area contributed by atoms with Crippen LogP contribution < -0.4 is 10.1 Å². The van der Waals surface area contributed by atoms with E-state index in [1.165, 1.54) is 17.0 Å². The third kappa shape index (κ3) is 6.54. The van der Waals surface area contributed by atoms with Crippen LogP contribution in [0.4, 0.5) is 4.39 Å². The Kier molecular flexibility index (Phi) is 7.69. The normalized spacial score (nSPS) is 12.3. The fourth-order valence-corrected chi connectivity index (χ4v) is 3.70. The van der Waals surface area contributed by atoms with E-state index in [2.05, 4.69) is 5.32 Å². The summed E-state index contributed by atoms with van der Waals surface area (Å²) in [5.74, 6) is -0.294. The highest BCUT2D eigenvalue weighted by Crippen LogP contribution is 2.25. The van der Waals surface area contributed by atoms with E-state index < -0.39 is 11.6 Å². The summed E-state index contributed by atoms with van der Waals surface area (Å²) < 4.78 is 19.3. The lowest BCUT2D eigenvalue weighted by Gasteiger charge is -2.33. The van der Waals surface area contributed by atoms with Gasteiger partial charge in [-0.15, -0.1) is 0 Å². The molecule has 3 aromatic rings. The van der Waals surface area contributed by atoms with Crippen molar-refractivity contribution in [1.29, 1.82) is 0 Å². The number of ether oxygens (including phenoxy) is 1. The van der Waals surface area contributed by atoms with Crippen molar-refractivity contribution >= 4 is 22.6 Å². The Labute approximate surface area is 194 Å². The first-order chi connectivity index (χ1) is 15.7. The summed E-state index contributed by atoms with van der Waals surface area (Å²) in [7, 11) is 0. The van der Waals surface area contributed by atoms with Crippen molar-refractivity contribution in [2.45, 2.75) is 52.2 Å². The number of nitrogens with zero attached hydrogens (tertiary/aromatic N) is 1. The molecular weight excluding hydrogens is 419 g/mol. The Balaban J connectivity index is 1.84. The average molecular weight is 451 g/mol. The van der Waals surface area contributed by atoms with Gasteiger partial charge in [-0.25, -0.2) is 4.39 Å². The number of hydrogen-bond donors (Lipinski definition) is 1. The van der Waals surface area contributed by atoms with Crippen molar-refractivity contribution in [3.05, 3.63) is 78.1 Å². The maximum Gasteiger partial charge on any atom is 0.261 e. The molecule has 1 N–H and O–H groups in total. The van der Waals surface area contributed by atoms with E-state index >= 15 is 0 Å². The van der Waals surface area contributed by atoms with E-state index in [1.807, 2.05) is 70.2 Å². The number of amides is 2. The van der Waals surface area contributed by atoms with Gasteiger partial charge in [-0.1, -0.05) is 55.5 Å². The second-order valence-electron chi connectivity index (χ2n) is 9.08. The molecule has 0 aliphatic rings. The lowest BCUT2D eigenvalue weighted by molar-refractivity contribution is -0.143. The summed E-state index contributed by atoms with van der Waals surface area (Å²) in [6.45, 7) is 7.51. The zero-order valence-electron chi connectivity index (χ0n) is 19.6. The molecule has 0 aliphatic carbocycles. The molecule has 0 fully saturated rings. The van der Waals surface area contributed by atoms with Crippen LogP contribution in [0.1, 0.15) is 39.7 Å². The molecule has 0 saturated carbocycles. The van der Waals surface area contributed by atoms with Crippen molar-refractivity contribution in [3.63, 3.8) is 0 Å². The van der Waals surface area contributed by atoms with Gasteiger partial charge in [0.15, 0.2) is 6.61 Å². The molecule has 0 bridgehead atoms.